The van der Waals surface area contributed by atoms with Gasteiger partial charge in [-0.3, -0.25) is 9.59 Å². The first-order valence-corrected chi connectivity index (χ1v) is 10.7. The van der Waals surface area contributed by atoms with Crippen LogP contribution < -0.4 is 9.64 Å². The lowest BCUT2D eigenvalue weighted by Crippen LogP contribution is -2.42. The predicted octanol–water partition coefficient (Wildman–Crippen LogP) is 2.71. The van der Waals surface area contributed by atoms with Crippen molar-refractivity contribution in [2.24, 2.45) is 5.92 Å². The van der Waals surface area contributed by atoms with Gasteiger partial charge in [0.05, 0.1) is 13.0 Å². The highest BCUT2D eigenvalue weighted by Gasteiger charge is 2.39. The number of aromatic nitrogens is 2. The number of hydrogen-bond acceptors (Lipinski definition) is 6. The second-order valence-electron chi connectivity index (χ2n) is 8.46. The molecule has 0 bridgehead atoms. The molecule has 2 aliphatic heterocycles. The Hall–Kier alpha value is -2.90. The van der Waals surface area contributed by atoms with Crippen LogP contribution in [0.4, 0.5) is 5.69 Å². The summed E-state index contributed by atoms with van der Waals surface area (Å²) in [5, 5.41) is 8.41. The largest absolute Gasteiger partial charge is 0.497 e. The van der Waals surface area contributed by atoms with Crippen molar-refractivity contribution in [2.45, 2.75) is 43.9 Å². The van der Waals surface area contributed by atoms with E-state index in [1.165, 1.54) is 0 Å². The topological polar surface area (TPSA) is 88.8 Å². The van der Waals surface area contributed by atoms with Crippen molar-refractivity contribution < 1.29 is 18.7 Å². The zero-order chi connectivity index (χ0) is 20.7. The number of piperidine rings is 1. The molecular formula is C22H26N4O4. The van der Waals surface area contributed by atoms with Gasteiger partial charge in [0.15, 0.2) is 0 Å². The van der Waals surface area contributed by atoms with E-state index in [1.807, 2.05) is 29.2 Å². The molecule has 1 aromatic heterocycles. The molecule has 3 fully saturated rings. The Bertz CT molecular complexity index is 946. The van der Waals surface area contributed by atoms with Crippen molar-refractivity contribution in [2.75, 3.05) is 31.6 Å². The Labute approximate surface area is 175 Å². The first-order valence-electron chi connectivity index (χ1n) is 10.7. The molecule has 3 aliphatic rings. The second kappa shape index (κ2) is 7.74. The van der Waals surface area contributed by atoms with Crippen molar-refractivity contribution in [3.05, 3.63) is 36.0 Å². The maximum Gasteiger partial charge on any atom is 0.228 e. The minimum absolute atomic E-state index is 0.0186. The molecule has 1 saturated carbocycles. The minimum Gasteiger partial charge on any atom is -0.497 e. The van der Waals surface area contributed by atoms with Crippen molar-refractivity contribution in [1.29, 1.82) is 0 Å². The molecule has 30 heavy (non-hydrogen) atoms. The first kappa shape index (κ1) is 19.1. The fraction of sp³-hybridized carbons (Fsp3) is 0.545. The summed E-state index contributed by atoms with van der Waals surface area (Å²) in [4.78, 5) is 29.2. The molecule has 2 aromatic rings. The number of methoxy groups -OCH3 is 1. The predicted molar refractivity (Wildman–Crippen MR) is 108 cm³/mol. The first-order chi connectivity index (χ1) is 14.6. The summed E-state index contributed by atoms with van der Waals surface area (Å²) in [5.74, 6) is 2.60. The number of ether oxygens (including phenoxy) is 1. The van der Waals surface area contributed by atoms with Gasteiger partial charge in [0.25, 0.3) is 0 Å². The van der Waals surface area contributed by atoms with Gasteiger partial charge in [0, 0.05) is 49.6 Å². The van der Waals surface area contributed by atoms with Crippen LogP contribution in [-0.2, 0) is 9.59 Å². The van der Waals surface area contributed by atoms with Crippen molar-refractivity contribution in [3.8, 4) is 5.75 Å². The number of likely N-dealkylation sites (tertiary alicyclic amines) is 1. The summed E-state index contributed by atoms with van der Waals surface area (Å²) in [7, 11) is 1.60. The summed E-state index contributed by atoms with van der Waals surface area (Å²) < 4.78 is 11.1. The molecule has 1 unspecified atom stereocenters. The Balaban J connectivity index is 1.19. The zero-order valence-electron chi connectivity index (χ0n) is 17.1. The summed E-state index contributed by atoms with van der Waals surface area (Å²) >= 11 is 0. The smallest absolute Gasteiger partial charge is 0.228 e. The van der Waals surface area contributed by atoms with Crippen LogP contribution >= 0.6 is 0 Å². The molecular weight excluding hydrogens is 384 g/mol. The number of nitrogens with zero attached hydrogens (tertiary/aromatic N) is 4. The van der Waals surface area contributed by atoms with Crippen molar-refractivity contribution in [1.82, 2.24) is 15.1 Å². The maximum atomic E-state index is 13.1. The lowest BCUT2D eigenvalue weighted by molar-refractivity contribution is -0.136. The highest BCUT2D eigenvalue weighted by atomic mass is 16.5. The number of hydrogen-bond donors (Lipinski definition) is 0. The van der Waals surface area contributed by atoms with Gasteiger partial charge in [-0.25, -0.2) is 0 Å². The monoisotopic (exact) mass is 410 g/mol. The lowest BCUT2D eigenvalue weighted by Gasteiger charge is -2.32. The molecule has 8 heteroatoms. The summed E-state index contributed by atoms with van der Waals surface area (Å²) in [6.07, 6.45) is 4.17. The Morgan fingerprint density at radius 3 is 2.47 bits per heavy atom. The summed E-state index contributed by atoms with van der Waals surface area (Å²) in [6, 6.07) is 7.40. The Kier molecular flexibility index (Phi) is 4.92. The van der Waals surface area contributed by atoms with E-state index < -0.39 is 0 Å². The molecule has 5 rings (SSSR count). The average Bonchev–Trinajstić information content (AvgIpc) is 3.38. The maximum absolute atomic E-state index is 13.1. The fourth-order valence-corrected chi connectivity index (χ4v) is 4.41. The van der Waals surface area contributed by atoms with Gasteiger partial charge < -0.3 is 19.0 Å². The number of anilines is 1. The zero-order valence-corrected chi connectivity index (χ0v) is 17.1. The van der Waals surface area contributed by atoms with Crippen molar-refractivity contribution >= 4 is 17.5 Å². The Morgan fingerprint density at radius 1 is 1.10 bits per heavy atom. The summed E-state index contributed by atoms with van der Waals surface area (Å²) in [5.41, 5.74) is 0.774. The van der Waals surface area contributed by atoms with Crippen molar-refractivity contribution in [3.63, 3.8) is 0 Å². The van der Waals surface area contributed by atoms with Gasteiger partial charge in [0.1, 0.15) is 5.75 Å². The Morgan fingerprint density at radius 2 is 1.80 bits per heavy atom. The van der Waals surface area contributed by atoms with E-state index in [1.54, 1.807) is 12.0 Å². The van der Waals surface area contributed by atoms with E-state index in [2.05, 4.69) is 10.2 Å². The van der Waals surface area contributed by atoms with Crippen LogP contribution in [0.15, 0.2) is 28.7 Å². The number of amides is 2. The van der Waals surface area contributed by atoms with E-state index in [4.69, 9.17) is 9.15 Å². The molecule has 1 atom stereocenters. The standard InChI is InChI=1S/C22H26N4O4/c1-29-18-4-2-3-17(12-18)26-13-16(11-19(26)27)22(28)25-9-7-15(8-10-25)21-24-23-20(30-21)14-5-6-14/h2-4,12,14-16H,5-11,13H2,1H3. The highest BCUT2D eigenvalue weighted by molar-refractivity contribution is 6.00. The van der Waals surface area contributed by atoms with E-state index in [-0.39, 0.29) is 30.1 Å². The van der Waals surface area contributed by atoms with Crippen LogP contribution in [0.2, 0.25) is 0 Å². The van der Waals surface area contributed by atoms with Crippen LogP contribution in [-0.4, -0.2) is 53.7 Å². The number of rotatable bonds is 5. The number of benzene rings is 1. The van der Waals surface area contributed by atoms with Gasteiger partial charge in [-0.2, -0.15) is 0 Å². The van der Waals surface area contributed by atoms with E-state index in [0.717, 1.165) is 37.3 Å². The number of carbonyl (C=O) groups excluding carboxylic acids is 2. The molecule has 0 radical (unpaired) electrons. The molecule has 0 N–H and O–H groups in total. The van der Waals surface area contributed by atoms with Gasteiger partial charge in [-0.15, -0.1) is 10.2 Å². The van der Waals surface area contributed by atoms with Gasteiger partial charge in [-0.05, 0) is 37.8 Å². The molecule has 2 amide bonds. The van der Waals surface area contributed by atoms with Crippen LogP contribution in [0.1, 0.15) is 55.7 Å². The SMILES string of the molecule is COc1cccc(N2CC(C(=O)N3CCC(c4nnc(C5CC5)o4)CC3)CC2=O)c1. The van der Waals surface area contributed by atoms with E-state index in [9.17, 15) is 9.59 Å². The van der Waals surface area contributed by atoms with Gasteiger partial charge >= 0.3 is 0 Å². The number of carbonyl (C=O) groups is 2. The van der Waals surface area contributed by atoms with E-state index >= 15 is 0 Å². The minimum atomic E-state index is -0.301. The van der Waals surface area contributed by atoms with Crippen LogP contribution in [0.3, 0.4) is 0 Å². The lowest BCUT2D eigenvalue weighted by atomic mass is 9.95. The molecule has 0 spiro atoms. The van der Waals surface area contributed by atoms with Crippen LogP contribution in [0.5, 0.6) is 5.75 Å². The third-order valence-corrected chi connectivity index (χ3v) is 6.38. The normalized spacial score (nSPS) is 22.6. The fourth-order valence-electron chi connectivity index (χ4n) is 4.41. The van der Waals surface area contributed by atoms with Gasteiger partial charge in [-0.1, -0.05) is 6.07 Å². The van der Waals surface area contributed by atoms with E-state index in [0.29, 0.717) is 37.2 Å². The molecule has 158 valence electrons. The highest BCUT2D eigenvalue weighted by Crippen LogP contribution is 2.40. The average molecular weight is 410 g/mol. The molecule has 8 nitrogen and oxygen atoms in total. The molecule has 3 heterocycles. The second-order valence-corrected chi connectivity index (χ2v) is 8.46. The molecule has 1 aromatic carbocycles. The molecule has 2 saturated heterocycles. The van der Waals surface area contributed by atoms with Gasteiger partial charge in [0.2, 0.25) is 23.6 Å². The molecule has 1 aliphatic carbocycles. The van der Waals surface area contributed by atoms with Crippen LogP contribution in [0.25, 0.3) is 0 Å². The quantitative estimate of drug-likeness (QED) is 0.753. The van der Waals surface area contributed by atoms with Crippen LogP contribution in [0, 0.1) is 5.92 Å². The summed E-state index contributed by atoms with van der Waals surface area (Å²) in [6.45, 7) is 1.74. The third-order valence-electron chi connectivity index (χ3n) is 6.38. The third kappa shape index (κ3) is 3.66.